The minimum Gasteiger partial charge on any atom is -0.367 e. The highest BCUT2D eigenvalue weighted by Gasteiger charge is 2.24. The summed E-state index contributed by atoms with van der Waals surface area (Å²) in [4.78, 5) is 25.5. The molecule has 1 N–H and O–H groups in total. The van der Waals surface area contributed by atoms with Gasteiger partial charge in [0.1, 0.15) is 18.0 Å². The van der Waals surface area contributed by atoms with Gasteiger partial charge in [0.05, 0.1) is 0 Å². The number of aromatic nitrogens is 2. The number of nitrogens with zero attached hydrogens (tertiary/aromatic N) is 4. The van der Waals surface area contributed by atoms with Crippen LogP contribution in [0.1, 0.15) is 44.1 Å². The van der Waals surface area contributed by atoms with Crippen molar-refractivity contribution in [3.8, 4) is 0 Å². The van der Waals surface area contributed by atoms with E-state index in [0.717, 1.165) is 44.0 Å². The Balaban J connectivity index is 1.20. The Hall–Kier alpha value is -2.63. The molecule has 2 fully saturated rings. The van der Waals surface area contributed by atoms with E-state index in [9.17, 15) is 4.79 Å². The van der Waals surface area contributed by atoms with Crippen LogP contribution in [0.5, 0.6) is 0 Å². The molecule has 0 bridgehead atoms. The average Bonchev–Trinajstić information content (AvgIpc) is 3.57. The van der Waals surface area contributed by atoms with Gasteiger partial charge in [0.15, 0.2) is 0 Å². The van der Waals surface area contributed by atoms with Crippen LogP contribution in [0.25, 0.3) is 0 Å². The third-order valence-electron chi connectivity index (χ3n) is 5.98. The summed E-state index contributed by atoms with van der Waals surface area (Å²) in [6.07, 6.45) is 7.98. The summed E-state index contributed by atoms with van der Waals surface area (Å²) in [5.74, 6) is 2.81. The predicted molar refractivity (Wildman–Crippen MR) is 116 cm³/mol. The fraction of sp³-hybridized carbons (Fsp3) is 0.522. The van der Waals surface area contributed by atoms with Crippen molar-refractivity contribution in [1.82, 2.24) is 14.9 Å². The first-order valence-electron chi connectivity index (χ1n) is 10.8. The smallest absolute Gasteiger partial charge is 0.222 e. The molecule has 1 saturated heterocycles. The molecule has 2 heterocycles. The van der Waals surface area contributed by atoms with Crippen LogP contribution in [-0.2, 0) is 11.3 Å². The third kappa shape index (κ3) is 5.68. The highest BCUT2D eigenvalue weighted by Crippen LogP contribution is 2.28. The quantitative estimate of drug-likeness (QED) is 0.741. The molecule has 1 aromatic carbocycles. The summed E-state index contributed by atoms with van der Waals surface area (Å²) < 4.78 is 0. The second-order valence-electron chi connectivity index (χ2n) is 8.38. The highest BCUT2D eigenvalue weighted by atomic mass is 16.2. The van der Waals surface area contributed by atoms with Crippen molar-refractivity contribution in [3.63, 3.8) is 0 Å². The average molecular weight is 394 g/mol. The standard InChI is InChI=1S/C23H31N5O/c1-27(16-19-5-3-2-4-6-19)23(29)10-7-18-11-13-28(14-12-18)22-15-21(24-17-25-22)26-20-8-9-20/h2-6,15,17-18,20H,7-14,16H2,1H3,(H,24,25,26). The summed E-state index contributed by atoms with van der Waals surface area (Å²) >= 11 is 0. The molecule has 0 unspecified atom stereocenters. The van der Waals surface area contributed by atoms with E-state index in [-0.39, 0.29) is 5.91 Å². The number of anilines is 2. The van der Waals surface area contributed by atoms with Gasteiger partial charge in [-0.05, 0) is 43.6 Å². The lowest BCUT2D eigenvalue weighted by Gasteiger charge is -2.33. The Morgan fingerprint density at radius 2 is 1.90 bits per heavy atom. The van der Waals surface area contributed by atoms with Crippen molar-refractivity contribution in [2.75, 3.05) is 30.4 Å². The number of nitrogens with one attached hydrogen (secondary N) is 1. The zero-order valence-corrected chi connectivity index (χ0v) is 17.3. The Kier molecular flexibility index (Phi) is 6.27. The number of carbonyl (C=O) groups excluding carboxylic acids is 1. The monoisotopic (exact) mass is 393 g/mol. The first-order chi connectivity index (χ1) is 14.2. The second-order valence-corrected chi connectivity index (χ2v) is 8.38. The Morgan fingerprint density at radius 3 is 2.62 bits per heavy atom. The zero-order chi connectivity index (χ0) is 20.1. The van der Waals surface area contributed by atoms with Crippen LogP contribution >= 0.6 is 0 Å². The summed E-state index contributed by atoms with van der Waals surface area (Å²) in [7, 11) is 1.90. The SMILES string of the molecule is CN(Cc1ccccc1)C(=O)CCC1CCN(c2cc(NC3CC3)ncn2)CC1. The van der Waals surface area contributed by atoms with Crippen molar-refractivity contribution in [3.05, 3.63) is 48.3 Å². The number of amides is 1. The Morgan fingerprint density at radius 1 is 1.14 bits per heavy atom. The largest absolute Gasteiger partial charge is 0.367 e. The van der Waals surface area contributed by atoms with E-state index < -0.39 is 0 Å². The number of hydrogen-bond donors (Lipinski definition) is 1. The number of carbonyl (C=O) groups is 1. The van der Waals surface area contributed by atoms with E-state index >= 15 is 0 Å². The first-order valence-corrected chi connectivity index (χ1v) is 10.8. The Labute approximate surface area is 173 Å². The molecule has 2 aromatic rings. The number of piperidine rings is 1. The van der Waals surface area contributed by atoms with Crippen molar-refractivity contribution >= 4 is 17.5 Å². The van der Waals surface area contributed by atoms with E-state index in [1.165, 1.54) is 18.4 Å². The van der Waals surface area contributed by atoms with Gasteiger partial charge >= 0.3 is 0 Å². The molecule has 1 aliphatic carbocycles. The molecule has 0 atom stereocenters. The van der Waals surface area contributed by atoms with Crippen LogP contribution in [0, 0.1) is 5.92 Å². The maximum Gasteiger partial charge on any atom is 0.222 e. The fourth-order valence-electron chi connectivity index (χ4n) is 3.95. The van der Waals surface area contributed by atoms with Crippen LogP contribution in [0.15, 0.2) is 42.7 Å². The summed E-state index contributed by atoms with van der Waals surface area (Å²) in [6.45, 7) is 2.68. The first kappa shape index (κ1) is 19.7. The van der Waals surface area contributed by atoms with Crippen LogP contribution < -0.4 is 10.2 Å². The third-order valence-corrected chi connectivity index (χ3v) is 5.98. The van der Waals surface area contributed by atoms with Gasteiger partial charge in [0.2, 0.25) is 5.91 Å². The number of rotatable bonds is 8. The van der Waals surface area contributed by atoms with E-state index in [1.807, 2.05) is 30.1 Å². The van der Waals surface area contributed by atoms with E-state index in [0.29, 0.717) is 24.9 Å². The molecule has 1 aliphatic heterocycles. The van der Waals surface area contributed by atoms with Crippen LogP contribution in [0.2, 0.25) is 0 Å². The van der Waals surface area contributed by atoms with Gasteiger partial charge in [-0.1, -0.05) is 30.3 Å². The molecule has 6 heteroatoms. The molecule has 29 heavy (non-hydrogen) atoms. The second kappa shape index (κ2) is 9.25. The maximum atomic E-state index is 12.5. The van der Waals surface area contributed by atoms with Gasteiger partial charge in [0, 0.05) is 45.2 Å². The van der Waals surface area contributed by atoms with Crippen molar-refractivity contribution < 1.29 is 4.79 Å². The van der Waals surface area contributed by atoms with E-state index in [1.54, 1.807) is 6.33 Å². The molecule has 154 valence electrons. The summed E-state index contributed by atoms with van der Waals surface area (Å²) in [6, 6.07) is 12.8. The van der Waals surface area contributed by atoms with Gasteiger partial charge in [-0.3, -0.25) is 4.79 Å². The van der Waals surface area contributed by atoms with Gasteiger partial charge in [-0.25, -0.2) is 9.97 Å². The molecule has 0 spiro atoms. The summed E-state index contributed by atoms with van der Waals surface area (Å²) in [5.41, 5.74) is 1.18. The minimum atomic E-state index is 0.239. The van der Waals surface area contributed by atoms with Crippen LogP contribution in [0.4, 0.5) is 11.6 Å². The molecule has 4 rings (SSSR count). The van der Waals surface area contributed by atoms with Crippen molar-refractivity contribution in [2.24, 2.45) is 5.92 Å². The van der Waals surface area contributed by atoms with Gasteiger partial charge < -0.3 is 15.1 Å². The van der Waals surface area contributed by atoms with E-state index in [2.05, 4.69) is 38.4 Å². The minimum absolute atomic E-state index is 0.239. The lowest BCUT2D eigenvalue weighted by molar-refractivity contribution is -0.130. The van der Waals surface area contributed by atoms with Crippen LogP contribution in [0.3, 0.4) is 0 Å². The van der Waals surface area contributed by atoms with Gasteiger partial charge in [-0.15, -0.1) is 0 Å². The normalized spacial score (nSPS) is 17.2. The molecule has 1 amide bonds. The van der Waals surface area contributed by atoms with Gasteiger partial charge in [0.25, 0.3) is 0 Å². The summed E-state index contributed by atoms with van der Waals surface area (Å²) in [5, 5.41) is 3.44. The van der Waals surface area contributed by atoms with Crippen LogP contribution in [-0.4, -0.2) is 47.0 Å². The van der Waals surface area contributed by atoms with E-state index in [4.69, 9.17) is 0 Å². The molecule has 1 aromatic heterocycles. The predicted octanol–water partition coefficient (Wildman–Crippen LogP) is 3.71. The maximum absolute atomic E-state index is 12.5. The van der Waals surface area contributed by atoms with Crippen molar-refractivity contribution in [1.29, 1.82) is 0 Å². The van der Waals surface area contributed by atoms with Gasteiger partial charge in [-0.2, -0.15) is 0 Å². The number of benzene rings is 1. The lowest BCUT2D eigenvalue weighted by Crippen LogP contribution is -2.35. The number of hydrogen-bond acceptors (Lipinski definition) is 5. The molecule has 1 saturated carbocycles. The lowest BCUT2D eigenvalue weighted by atomic mass is 9.92. The zero-order valence-electron chi connectivity index (χ0n) is 17.3. The molecule has 2 aliphatic rings. The highest BCUT2D eigenvalue weighted by molar-refractivity contribution is 5.75. The molecular weight excluding hydrogens is 362 g/mol. The topological polar surface area (TPSA) is 61.4 Å². The fourth-order valence-corrected chi connectivity index (χ4v) is 3.95. The Bertz CT molecular complexity index is 800. The molecule has 0 radical (unpaired) electrons. The van der Waals surface area contributed by atoms with Crippen molar-refractivity contribution in [2.45, 2.75) is 51.1 Å². The molecular formula is C23H31N5O. The molecule has 6 nitrogen and oxygen atoms in total.